The Hall–Kier alpha value is -1.87. The minimum absolute atomic E-state index is 0.0673. The first-order chi connectivity index (χ1) is 12.9. The van der Waals surface area contributed by atoms with E-state index in [2.05, 4.69) is 20.7 Å². The summed E-state index contributed by atoms with van der Waals surface area (Å²) in [4.78, 5) is 31.4. The molecule has 0 saturated carbocycles. The van der Waals surface area contributed by atoms with E-state index in [-0.39, 0.29) is 12.3 Å². The van der Waals surface area contributed by atoms with Crippen LogP contribution in [0.25, 0.3) is 0 Å². The van der Waals surface area contributed by atoms with Crippen molar-refractivity contribution >= 4 is 51.5 Å². The molecule has 1 saturated heterocycles. The minimum atomic E-state index is -0.396. The number of hydrazine groups is 1. The number of anilines is 1. The van der Waals surface area contributed by atoms with Crippen LogP contribution in [0.1, 0.15) is 20.9 Å². The third kappa shape index (κ3) is 5.10. The molecule has 0 aliphatic carbocycles. The van der Waals surface area contributed by atoms with Crippen molar-refractivity contribution in [3.05, 3.63) is 44.4 Å². The van der Waals surface area contributed by atoms with Gasteiger partial charge in [-0.25, -0.2) is 4.98 Å². The lowest BCUT2D eigenvalue weighted by Gasteiger charge is -2.25. The number of carbonyl (C=O) groups is 2. The van der Waals surface area contributed by atoms with E-state index in [1.165, 1.54) is 11.3 Å². The van der Waals surface area contributed by atoms with Crippen molar-refractivity contribution in [1.82, 2.24) is 15.8 Å². The monoisotopic (exact) mass is 428 g/mol. The summed E-state index contributed by atoms with van der Waals surface area (Å²) >= 11 is 13.1. The molecule has 7 nitrogen and oxygen atoms in total. The summed E-state index contributed by atoms with van der Waals surface area (Å²) in [5.41, 5.74) is 6.16. The third-order valence-corrected chi connectivity index (χ3v) is 5.89. The van der Waals surface area contributed by atoms with Crippen molar-refractivity contribution < 1.29 is 14.3 Å². The Balaban J connectivity index is 1.56. The van der Waals surface area contributed by atoms with Gasteiger partial charge in [-0.15, -0.1) is 0 Å². The normalized spacial score (nSPS) is 14.1. The summed E-state index contributed by atoms with van der Waals surface area (Å²) in [6.07, 6.45) is 0.0673. The van der Waals surface area contributed by atoms with Gasteiger partial charge in [0.05, 0.1) is 35.4 Å². The van der Waals surface area contributed by atoms with Crippen LogP contribution in [0.2, 0.25) is 10.0 Å². The maximum atomic E-state index is 12.4. The van der Waals surface area contributed by atoms with Gasteiger partial charge in [0.1, 0.15) is 4.88 Å². The van der Waals surface area contributed by atoms with Crippen LogP contribution < -0.4 is 15.8 Å². The fourth-order valence-corrected chi connectivity index (χ4v) is 3.88. The van der Waals surface area contributed by atoms with Gasteiger partial charge in [-0.2, -0.15) is 0 Å². The molecule has 0 bridgehead atoms. The number of morpholine rings is 1. The average Bonchev–Trinajstić information content (AvgIpc) is 3.05. The first kappa shape index (κ1) is 19.9. The second-order valence-corrected chi connectivity index (χ2v) is 7.73. The molecule has 10 heteroatoms. The summed E-state index contributed by atoms with van der Waals surface area (Å²) in [6, 6.07) is 4.95. The fraction of sp³-hybridized carbons (Fsp3) is 0.353. The molecule has 1 aliphatic rings. The van der Waals surface area contributed by atoms with Gasteiger partial charge >= 0.3 is 0 Å². The van der Waals surface area contributed by atoms with Crippen LogP contribution in [-0.2, 0) is 16.0 Å². The minimum Gasteiger partial charge on any atom is -0.378 e. The van der Waals surface area contributed by atoms with Gasteiger partial charge in [0.25, 0.3) is 5.91 Å². The summed E-state index contributed by atoms with van der Waals surface area (Å²) in [7, 11) is 0. The number of amides is 2. The van der Waals surface area contributed by atoms with Crippen molar-refractivity contribution in [3.63, 3.8) is 0 Å². The first-order valence-electron chi connectivity index (χ1n) is 8.27. The van der Waals surface area contributed by atoms with E-state index in [1.807, 2.05) is 0 Å². The molecule has 0 atom stereocenters. The fourth-order valence-electron chi connectivity index (χ4n) is 2.55. The van der Waals surface area contributed by atoms with Crippen LogP contribution in [0.5, 0.6) is 0 Å². The number of rotatable bonds is 4. The number of hydrogen-bond donors (Lipinski definition) is 2. The van der Waals surface area contributed by atoms with Crippen LogP contribution in [0.3, 0.4) is 0 Å². The Kier molecular flexibility index (Phi) is 6.54. The van der Waals surface area contributed by atoms with E-state index in [1.54, 1.807) is 25.1 Å². The van der Waals surface area contributed by atoms with Crippen molar-refractivity contribution in [2.24, 2.45) is 0 Å². The Labute approximate surface area is 170 Å². The molecule has 2 N–H and O–H groups in total. The summed E-state index contributed by atoms with van der Waals surface area (Å²) < 4.78 is 5.33. The number of ether oxygens (including phenoxy) is 1. The molecule has 1 aliphatic heterocycles. The smallest absolute Gasteiger partial charge is 0.281 e. The number of hydrogen-bond acceptors (Lipinski definition) is 6. The zero-order chi connectivity index (χ0) is 19.4. The van der Waals surface area contributed by atoms with Crippen LogP contribution in [-0.4, -0.2) is 43.1 Å². The average molecular weight is 429 g/mol. The molecule has 2 heterocycles. The van der Waals surface area contributed by atoms with Crippen LogP contribution >= 0.6 is 34.5 Å². The SMILES string of the molecule is Cc1nc(N2CCOCC2)sc1C(=O)NNC(=O)Cc1ccc(Cl)c(Cl)c1. The predicted octanol–water partition coefficient (Wildman–Crippen LogP) is 2.60. The number of nitrogens with one attached hydrogen (secondary N) is 2. The molecular weight excluding hydrogens is 411 g/mol. The largest absolute Gasteiger partial charge is 0.378 e. The highest BCUT2D eigenvalue weighted by Crippen LogP contribution is 2.26. The standard InChI is InChI=1S/C17H18Cl2N4O3S/c1-10-15(27-17(20-10)23-4-6-26-7-5-23)16(25)22-21-14(24)9-11-2-3-12(18)13(19)8-11/h2-3,8H,4-7,9H2,1H3,(H,21,24)(H,22,25). The van der Waals surface area contributed by atoms with E-state index < -0.39 is 5.91 Å². The lowest BCUT2D eigenvalue weighted by Crippen LogP contribution is -2.42. The van der Waals surface area contributed by atoms with Crippen molar-refractivity contribution in [2.75, 3.05) is 31.2 Å². The quantitative estimate of drug-likeness (QED) is 0.731. The zero-order valence-corrected chi connectivity index (χ0v) is 16.9. The Morgan fingerprint density at radius 1 is 1.22 bits per heavy atom. The van der Waals surface area contributed by atoms with E-state index in [4.69, 9.17) is 27.9 Å². The van der Waals surface area contributed by atoms with Crippen LogP contribution in [0, 0.1) is 6.92 Å². The Morgan fingerprint density at radius 2 is 1.96 bits per heavy atom. The number of benzene rings is 1. The van der Waals surface area contributed by atoms with Gasteiger partial charge in [-0.05, 0) is 24.6 Å². The number of halogens is 2. The summed E-state index contributed by atoms with van der Waals surface area (Å²) in [6.45, 7) is 4.55. The van der Waals surface area contributed by atoms with Gasteiger partial charge in [-0.3, -0.25) is 20.4 Å². The highest BCUT2D eigenvalue weighted by Gasteiger charge is 2.20. The number of nitrogens with zero attached hydrogens (tertiary/aromatic N) is 2. The Bertz CT molecular complexity index is 853. The highest BCUT2D eigenvalue weighted by molar-refractivity contribution is 7.17. The van der Waals surface area contributed by atoms with E-state index in [0.29, 0.717) is 39.4 Å². The molecular formula is C17H18Cl2N4O3S. The molecule has 0 spiro atoms. The van der Waals surface area contributed by atoms with Crippen molar-refractivity contribution in [2.45, 2.75) is 13.3 Å². The van der Waals surface area contributed by atoms with Crippen LogP contribution in [0.15, 0.2) is 18.2 Å². The second kappa shape index (κ2) is 8.88. The molecule has 3 rings (SSSR count). The third-order valence-electron chi connectivity index (χ3n) is 3.94. The van der Waals surface area contributed by atoms with Gasteiger partial charge in [0.15, 0.2) is 5.13 Å². The molecule has 1 fully saturated rings. The van der Waals surface area contributed by atoms with E-state index in [9.17, 15) is 9.59 Å². The molecule has 27 heavy (non-hydrogen) atoms. The molecule has 144 valence electrons. The molecule has 1 aromatic heterocycles. The maximum absolute atomic E-state index is 12.4. The zero-order valence-electron chi connectivity index (χ0n) is 14.6. The number of aromatic nitrogens is 1. The van der Waals surface area contributed by atoms with Crippen LogP contribution in [0.4, 0.5) is 5.13 Å². The molecule has 1 aromatic carbocycles. The topological polar surface area (TPSA) is 83.6 Å². The van der Waals surface area contributed by atoms with Gasteiger partial charge < -0.3 is 9.64 Å². The number of carbonyl (C=O) groups excluding carboxylic acids is 2. The second-order valence-electron chi connectivity index (χ2n) is 5.94. The molecule has 0 unspecified atom stereocenters. The Morgan fingerprint density at radius 3 is 2.67 bits per heavy atom. The number of thiazole rings is 1. The van der Waals surface area contributed by atoms with Crippen molar-refractivity contribution in [3.8, 4) is 0 Å². The molecule has 2 amide bonds. The maximum Gasteiger partial charge on any atom is 0.281 e. The summed E-state index contributed by atoms with van der Waals surface area (Å²) in [5.74, 6) is -0.760. The number of aryl methyl sites for hydroxylation is 1. The molecule has 2 aromatic rings. The molecule has 0 radical (unpaired) electrons. The van der Waals surface area contributed by atoms with Gasteiger partial charge in [0.2, 0.25) is 5.91 Å². The highest BCUT2D eigenvalue weighted by atomic mass is 35.5. The lowest BCUT2D eigenvalue weighted by atomic mass is 10.1. The lowest BCUT2D eigenvalue weighted by molar-refractivity contribution is -0.121. The van der Waals surface area contributed by atoms with Gasteiger partial charge in [0, 0.05) is 13.1 Å². The predicted molar refractivity (Wildman–Crippen MR) is 106 cm³/mol. The van der Waals surface area contributed by atoms with E-state index in [0.717, 1.165) is 18.2 Å². The van der Waals surface area contributed by atoms with E-state index >= 15 is 0 Å². The summed E-state index contributed by atoms with van der Waals surface area (Å²) in [5, 5.41) is 1.58. The van der Waals surface area contributed by atoms with Crippen molar-refractivity contribution in [1.29, 1.82) is 0 Å². The van der Waals surface area contributed by atoms with Gasteiger partial charge in [-0.1, -0.05) is 40.6 Å². The first-order valence-corrected chi connectivity index (χ1v) is 9.84.